The van der Waals surface area contributed by atoms with Gasteiger partial charge in [0.15, 0.2) is 0 Å². The molecule has 0 saturated heterocycles. The molecule has 0 fully saturated rings. The van der Waals surface area contributed by atoms with Gasteiger partial charge in [0.25, 0.3) is 0 Å². The lowest BCUT2D eigenvalue weighted by Crippen LogP contribution is -2.01. The molecule has 11 heavy (non-hydrogen) atoms. The molecule has 0 aliphatic heterocycles. The smallest absolute Gasteiger partial charge is 0.146 e. The molecule has 0 amide bonds. The normalized spacial score (nSPS) is 22.5. The Hall–Kier alpha value is -1.05. The van der Waals surface area contributed by atoms with E-state index in [1.54, 1.807) is 0 Å². The number of carbonyl (C=O) groups is 1. The summed E-state index contributed by atoms with van der Waals surface area (Å²) in [7, 11) is 0. The molecule has 1 aliphatic rings. The lowest BCUT2D eigenvalue weighted by Gasteiger charge is -2.15. The van der Waals surface area contributed by atoms with Crippen molar-refractivity contribution in [1.82, 2.24) is 0 Å². The van der Waals surface area contributed by atoms with Crippen molar-refractivity contribution >= 4 is 6.29 Å². The van der Waals surface area contributed by atoms with E-state index in [-0.39, 0.29) is 0 Å². The molecule has 2 heteroatoms. The molecule has 1 N–H and O–H groups in total. The van der Waals surface area contributed by atoms with Crippen LogP contribution in [0.4, 0.5) is 0 Å². The third-order valence-electron chi connectivity index (χ3n) is 2.15. The minimum absolute atomic E-state index is 0.830. The first-order valence-corrected chi connectivity index (χ1v) is 3.78. The van der Waals surface area contributed by atoms with Gasteiger partial charge in [0.05, 0.1) is 6.26 Å². The van der Waals surface area contributed by atoms with Gasteiger partial charge in [-0.15, -0.1) is 0 Å². The standard InChI is InChI=1S/C9H12O2/c1-7-8(5-10)3-2-4-9(7)6-11/h5-6,10H,2-4H2,1H3. The third kappa shape index (κ3) is 1.50. The highest BCUT2D eigenvalue weighted by Crippen LogP contribution is 2.27. The summed E-state index contributed by atoms with van der Waals surface area (Å²) in [5.41, 5.74) is 2.68. The molecule has 0 radical (unpaired) electrons. The van der Waals surface area contributed by atoms with Crippen LogP contribution in [0, 0.1) is 0 Å². The molecule has 60 valence electrons. The number of rotatable bonds is 1. The zero-order valence-electron chi connectivity index (χ0n) is 6.63. The molecule has 0 aromatic rings. The summed E-state index contributed by atoms with van der Waals surface area (Å²) in [5, 5.41) is 8.76. The maximum atomic E-state index is 10.5. The van der Waals surface area contributed by atoms with Crippen LogP contribution >= 0.6 is 0 Å². The van der Waals surface area contributed by atoms with Gasteiger partial charge in [-0.2, -0.15) is 0 Å². The molecule has 1 aliphatic carbocycles. The van der Waals surface area contributed by atoms with Crippen molar-refractivity contribution in [2.24, 2.45) is 0 Å². The average Bonchev–Trinajstić information content (AvgIpc) is 2.05. The monoisotopic (exact) mass is 152 g/mol. The van der Waals surface area contributed by atoms with Crippen LogP contribution in [0.3, 0.4) is 0 Å². The van der Waals surface area contributed by atoms with E-state index in [1.807, 2.05) is 6.92 Å². The van der Waals surface area contributed by atoms with E-state index in [4.69, 9.17) is 5.11 Å². The van der Waals surface area contributed by atoms with Crippen molar-refractivity contribution in [3.05, 3.63) is 23.0 Å². The van der Waals surface area contributed by atoms with Crippen LogP contribution in [-0.2, 0) is 4.79 Å². The molecule has 0 atom stereocenters. The minimum Gasteiger partial charge on any atom is -0.515 e. The fourth-order valence-corrected chi connectivity index (χ4v) is 1.36. The van der Waals surface area contributed by atoms with Crippen molar-refractivity contribution in [3.63, 3.8) is 0 Å². The van der Waals surface area contributed by atoms with Gasteiger partial charge in [0.1, 0.15) is 6.29 Å². The maximum absolute atomic E-state index is 10.5. The number of aliphatic hydroxyl groups excluding tert-OH is 1. The van der Waals surface area contributed by atoms with E-state index < -0.39 is 0 Å². The molecule has 0 heterocycles. The molecule has 0 unspecified atom stereocenters. The van der Waals surface area contributed by atoms with Crippen LogP contribution in [0.1, 0.15) is 26.2 Å². The van der Waals surface area contributed by atoms with Crippen LogP contribution in [0.2, 0.25) is 0 Å². The topological polar surface area (TPSA) is 37.3 Å². The predicted molar refractivity (Wildman–Crippen MR) is 43.3 cm³/mol. The summed E-state index contributed by atoms with van der Waals surface area (Å²) in [5.74, 6) is 0. The summed E-state index contributed by atoms with van der Waals surface area (Å²) in [6.07, 6.45) is 4.71. The molecule has 1 rings (SSSR count). The third-order valence-corrected chi connectivity index (χ3v) is 2.15. The summed E-state index contributed by atoms with van der Waals surface area (Å²) < 4.78 is 0. The highest BCUT2D eigenvalue weighted by molar-refractivity contribution is 5.76. The van der Waals surface area contributed by atoms with Gasteiger partial charge in [0.2, 0.25) is 0 Å². The lowest BCUT2D eigenvalue weighted by atomic mass is 9.90. The van der Waals surface area contributed by atoms with Gasteiger partial charge in [-0.25, -0.2) is 0 Å². The fourth-order valence-electron chi connectivity index (χ4n) is 1.36. The predicted octanol–water partition coefficient (Wildman–Crippen LogP) is 2.13. The van der Waals surface area contributed by atoms with Gasteiger partial charge >= 0.3 is 0 Å². The van der Waals surface area contributed by atoms with Crippen LogP contribution in [0.5, 0.6) is 0 Å². The first-order chi connectivity index (χ1) is 5.29. The first kappa shape index (κ1) is 8.05. The minimum atomic E-state index is 0.830. The van der Waals surface area contributed by atoms with E-state index in [0.717, 1.165) is 48.5 Å². The zero-order valence-corrected chi connectivity index (χ0v) is 6.63. The van der Waals surface area contributed by atoms with E-state index in [2.05, 4.69) is 0 Å². The SMILES string of the molecule is CC1=C(C=O)CCCC1=CO. The second-order valence-corrected chi connectivity index (χ2v) is 2.78. The Morgan fingerprint density at radius 2 is 2.18 bits per heavy atom. The fraction of sp³-hybridized carbons (Fsp3) is 0.444. The Morgan fingerprint density at radius 1 is 1.45 bits per heavy atom. The van der Waals surface area contributed by atoms with E-state index >= 15 is 0 Å². The maximum Gasteiger partial charge on any atom is 0.146 e. The lowest BCUT2D eigenvalue weighted by molar-refractivity contribution is -0.105. The Kier molecular flexibility index (Phi) is 2.47. The van der Waals surface area contributed by atoms with Crippen LogP contribution in [0.15, 0.2) is 23.0 Å². The van der Waals surface area contributed by atoms with Crippen molar-refractivity contribution in [2.45, 2.75) is 26.2 Å². The molecule has 0 aromatic carbocycles. The molecule has 2 nitrogen and oxygen atoms in total. The number of carbonyl (C=O) groups excluding carboxylic acids is 1. The van der Waals surface area contributed by atoms with E-state index in [1.165, 1.54) is 0 Å². The Labute approximate surface area is 66.2 Å². The Bertz CT molecular complexity index is 224. The van der Waals surface area contributed by atoms with Crippen molar-refractivity contribution in [3.8, 4) is 0 Å². The van der Waals surface area contributed by atoms with E-state index in [9.17, 15) is 4.79 Å². The molecular weight excluding hydrogens is 140 g/mol. The summed E-state index contributed by atoms with van der Waals surface area (Å²) in [6.45, 7) is 1.88. The highest BCUT2D eigenvalue weighted by atomic mass is 16.2. The largest absolute Gasteiger partial charge is 0.515 e. The zero-order chi connectivity index (χ0) is 8.27. The van der Waals surface area contributed by atoms with Crippen LogP contribution in [0.25, 0.3) is 0 Å². The number of hydrogen-bond acceptors (Lipinski definition) is 2. The molecule has 0 spiro atoms. The van der Waals surface area contributed by atoms with Crippen LogP contribution in [-0.4, -0.2) is 11.4 Å². The molecule has 0 bridgehead atoms. The van der Waals surface area contributed by atoms with Gasteiger partial charge in [0, 0.05) is 0 Å². The Balaban J connectivity index is 2.97. The average molecular weight is 152 g/mol. The number of aliphatic hydroxyl groups is 1. The van der Waals surface area contributed by atoms with Crippen molar-refractivity contribution in [2.75, 3.05) is 0 Å². The Morgan fingerprint density at radius 3 is 2.73 bits per heavy atom. The quantitative estimate of drug-likeness (QED) is 0.461. The first-order valence-electron chi connectivity index (χ1n) is 3.78. The second-order valence-electron chi connectivity index (χ2n) is 2.78. The van der Waals surface area contributed by atoms with E-state index in [0.29, 0.717) is 0 Å². The van der Waals surface area contributed by atoms with Gasteiger partial charge in [-0.05, 0) is 42.9 Å². The molecular formula is C9H12O2. The number of hydrogen-bond donors (Lipinski definition) is 1. The van der Waals surface area contributed by atoms with Gasteiger partial charge < -0.3 is 5.11 Å². The number of aldehydes is 1. The van der Waals surface area contributed by atoms with Gasteiger partial charge in [-0.1, -0.05) is 0 Å². The number of allylic oxidation sites excluding steroid dienone is 3. The highest BCUT2D eigenvalue weighted by Gasteiger charge is 2.12. The molecule has 0 saturated carbocycles. The van der Waals surface area contributed by atoms with Crippen molar-refractivity contribution < 1.29 is 9.90 Å². The van der Waals surface area contributed by atoms with Gasteiger partial charge in [-0.3, -0.25) is 4.79 Å². The summed E-state index contributed by atoms with van der Waals surface area (Å²) in [4.78, 5) is 10.5. The van der Waals surface area contributed by atoms with Crippen LogP contribution < -0.4 is 0 Å². The second kappa shape index (κ2) is 3.37. The van der Waals surface area contributed by atoms with Crippen molar-refractivity contribution in [1.29, 1.82) is 0 Å². The molecule has 0 aromatic heterocycles. The summed E-state index contributed by atoms with van der Waals surface area (Å²) in [6, 6.07) is 0. The summed E-state index contributed by atoms with van der Waals surface area (Å²) >= 11 is 0.